The van der Waals surface area contributed by atoms with Crippen LogP contribution >= 0.6 is 34.0 Å². The molecular formula is C24H18S3. The Bertz CT molecular complexity index is 1040. The van der Waals surface area contributed by atoms with Crippen molar-refractivity contribution in [3.05, 3.63) is 102 Å². The maximum atomic E-state index is 2.27. The summed E-state index contributed by atoms with van der Waals surface area (Å²) >= 11 is 5.34. The monoisotopic (exact) mass is 402 g/mol. The Morgan fingerprint density at radius 3 is 1.89 bits per heavy atom. The van der Waals surface area contributed by atoms with Gasteiger partial charge >= 0.3 is 0 Å². The van der Waals surface area contributed by atoms with Crippen LogP contribution in [0.1, 0.15) is 30.6 Å². The topological polar surface area (TPSA) is 0 Å². The molecule has 0 atom stereocenters. The van der Waals surface area contributed by atoms with Gasteiger partial charge in [0.2, 0.25) is 0 Å². The first-order valence-corrected chi connectivity index (χ1v) is 11.2. The second-order valence-electron chi connectivity index (χ2n) is 5.91. The highest BCUT2D eigenvalue weighted by Gasteiger charge is 2.03. The van der Waals surface area contributed by atoms with Gasteiger partial charge in [0.15, 0.2) is 0 Å². The highest BCUT2D eigenvalue weighted by atomic mass is 32.1. The number of hydrogen-bond donors (Lipinski definition) is 0. The molecule has 27 heavy (non-hydrogen) atoms. The van der Waals surface area contributed by atoms with E-state index >= 15 is 0 Å². The molecule has 0 nitrogen and oxygen atoms in total. The quantitative estimate of drug-likeness (QED) is 0.304. The molecule has 0 radical (unpaired) electrons. The smallest absolute Gasteiger partial charge is 0.0349 e. The lowest BCUT2D eigenvalue weighted by Gasteiger charge is -1.93. The van der Waals surface area contributed by atoms with E-state index in [9.17, 15) is 0 Å². The van der Waals surface area contributed by atoms with Crippen molar-refractivity contribution in [2.24, 2.45) is 0 Å². The first kappa shape index (κ1) is 17.9. The molecule has 0 spiro atoms. The van der Waals surface area contributed by atoms with Crippen molar-refractivity contribution in [3.8, 4) is 0 Å². The summed E-state index contributed by atoms with van der Waals surface area (Å²) in [7, 11) is 0. The molecule has 0 aliphatic carbocycles. The summed E-state index contributed by atoms with van der Waals surface area (Å²) in [4.78, 5) is 5.10. The Labute approximate surface area is 172 Å². The van der Waals surface area contributed by atoms with Crippen LogP contribution in [-0.4, -0.2) is 0 Å². The molecule has 1 aromatic carbocycles. The predicted molar refractivity (Wildman–Crippen MR) is 126 cm³/mol. The molecule has 3 heterocycles. The zero-order valence-corrected chi connectivity index (χ0v) is 17.1. The van der Waals surface area contributed by atoms with Crippen LogP contribution in [0.2, 0.25) is 0 Å². The molecule has 0 unspecified atom stereocenters. The van der Waals surface area contributed by atoms with Gasteiger partial charge in [0.05, 0.1) is 0 Å². The van der Waals surface area contributed by atoms with E-state index in [1.807, 2.05) is 17.4 Å². The minimum Gasteiger partial charge on any atom is -0.144 e. The van der Waals surface area contributed by atoms with Crippen LogP contribution in [0.15, 0.2) is 71.4 Å². The molecule has 0 bridgehead atoms. The van der Waals surface area contributed by atoms with Gasteiger partial charge in [0, 0.05) is 19.5 Å². The zero-order valence-electron chi connectivity index (χ0n) is 14.6. The summed E-state index contributed by atoms with van der Waals surface area (Å²) in [6.45, 7) is 0. The van der Waals surface area contributed by atoms with Crippen LogP contribution in [-0.2, 0) is 0 Å². The van der Waals surface area contributed by atoms with E-state index in [-0.39, 0.29) is 0 Å². The Hall–Kier alpha value is -2.46. The van der Waals surface area contributed by atoms with Crippen molar-refractivity contribution >= 4 is 70.5 Å². The summed E-state index contributed by atoms with van der Waals surface area (Å²) in [5, 5.41) is 4.22. The molecule has 0 aliphatic rings. The molecule has 0 saturated carbocycles. The zero-order chi connectivity index (χ0) is 18.3. The average molecular weight is 403 g/mol. The normalized spacial score (nSPS) is 12.0. The van der Waals surface area contributed by atoms with E-state index in [0.29, 0.717) is 0 Å². The van der Waals surface area contributed by atoms with Gasteiger partial charge in [-0.25, -0.2) is 0 Å². The summed E-state index contributed by atoms with van der Waals surface area (Å²) < 4.78 is 0. The van der Waals surface area contributed by atoms with Crippen molar-refractivity contribution in [3.63, 3.8) is 0 Å². The number of thiophene rings is 3. The second kappa shape index (κ2) is 8.96. The van der Waals surface area contributed by atoms with E-state index in [4.69, 9.17) is 0 Å². The van der Waals surface area contributed by atoms with Crippen molar-refractivity contribution in [1.29, 1.82) is 0 Å². The van der Waals surface area contributed by atoms with Gasteiger partial charge in [-0.05, 0) is 64.4 Å². The third-order valence-electron chi connectivity index (χ3n) is 3.96. The molecule has 0 amide bonds. The summed E-state index contributed by atoms with van der Waals surface area (Å²) in [6.07, 6.45) is 13.2. The van der Waals surface area contributed by atoms with Crippen molar-refractivity contribution in [1.82, 2.24) is 0 Å². The third kappa shape index (κ3) is 5.04. The molecular weight excluding hydrogens is 384 g/mol. The van der Waals surface area contributed by atoms with E-state index in [2.05, 4.69) is 102 Å². The van der Waals surface area contributed by atoms with Crippen LogP contribution in [0, 0.1) is 0 Å². The third-order valence-corrected chi connectivity index (χ3v) is 6.72. The molecule has 0 saturated heterocycles. The second-order valence-corrected chi connectivity index (χ2v) is 8.98. The fourth-order valence-corrected chi connectivity index (χ4v) is 4.82. The Morgan fingerprint density at radius 2 is 1.22 bits per heavy atom. The Kier molecular flexibility index (Phi) is 5.95. The van der Waals surface area contributed by atoms with E-state index in [0.717, 1.165) is 0 Å². The lowest BCUT2D eigenvalue weighted by molar-refractivity contribution is 1.66. The van der Waals surface area contributed by atoms with Gasteiger partial charge in [0.1, 0.15) is 0 Å². The largest absolute Gasteiger partial charge is 0.144 e. The highest BCUT2D eigenvalue weighted by molar-refractivity contribution is 7.14. The maximum absolute atomic E-state index is 2.27. The molecule has 4 rings (SSSR count). The first-order chi connectivity index (χ1) is 13.4. The Morgan fingerprint density at radius 1 is 0.556 bits per heavy atom. The number of benzene rings is 1. The van der Waals surface area contributed by atoms with E-state index in [1.54, 1.807) is 22.7 Å². The SMILES string of the molecule is C(=C\c1cc(/C=C/c2cccs2)sc1/C=C/c1cccs1)/c1ccccc1. The molecule has 4 aromatic rings. The van der Waals surface area contributed by atoms with Gasteiger partial charge in [0.25, 0.3) is 0 Å². The van der Waals surface area contributed by atoms with Gasteiger partial charge in [-0.2, -0.15) is 0 Å². The predicted octanol–water partition coefficient (Wildman–Crippen LogP) is 8.38. The molecule has 3 heteroatoms. The fraction of sp³-hybridized carbons (Fsp3) is 0. The van der Waals surface area contributed by atoms with Crippen molar-refractivity contribution in [2.75, 3.05) is 0 Å². The lowest BCUT2D eigenvalue weighted by atomic mass is 10.1. The molecule has 0 N–H and O–H groups in total. The summed E-state index contributed by atoms with van der Waals surface area (Å²) in [5.74, 6) is 0. The lowest BCUT2D eigenvalue weighted by Crippen LogP contribution is -1.72. The first-order valence-electron chi connectivity index (χ1n) is 8.67. The molecule has 0 aliphatic heterocycles. The summed E-state index contributed by atoms with van der Waals surface area (Å²) in [6, 6.07) is 21.2. The minimum absolute atomic E-state index is 1.22. The van der Waals surface area contributed by atoms with Crippen LogP contribution in [0.4, 0.5) is 0 Å². The van der Waals surface area contributed by atoms with E-state index in [1.165, 1.54) is 30.6 Å². The number of hydrogen-bond acceptors (Lipinski definition) is 3. The average Bonchev–Trinajstić information content (AvgIpc) is 3.46. The Balaban J connectivity index is 1.63. The standard InChI is InChI=1S/C24H18S3/c1-2-6-19(7-3-1)10-11-20-18-23(13-12-21-8-4-16-25-21)27-24(20)15-14-22-9-5-17-26-22/h1-18H/b11-10+,13-12+,15-14+. The van der Waals surface area contributed by atoms with E-state index < -0.39 is 0 Å². The van der Waals surface area contributed by atoms with Gasteiger partial charge in [-0.1, -0.05) is 54.6 Å². The van der Waals surface area contributed by atoms with Crippen LogP contribution in [0.3, 0.4) is 0 Å². The van der Waals surface area contributed by atoms with Crippen LogP contribution in [0.5, 0.6) is 0 Å². The van der Waals surface area contributed by atoms with Crippen LogP contribution in [0.25, 0.3) is 36.5 Å². The molecule has 132 valence electrons. The van der Waals surface area contributed by atoms with Crippen LogP contribution < -0.4 is 0 Å². The molecule has 0 fully saturated rings. The maximum Gasteiger partial charge on any atom is 0.0349 e. The minimum atomic E-state index is 1.22. The highest BCUT2D eigenvalue weighted by Crippen LogP contribution is 2.29. The van der Waals surface area contributed by atoms with Crippen molar-refractivity contribution < 1.29 is 0 Å². The number of rotatable bonds is 6. The van der Waals surface area contributed by atoms with Gasteiger partial charge < -0.3 is 0 Å². The molecule has 3 aromatic heterocycles. The van der Waals surface area contributed by atoms with Crippen molar-refractivity contribution in [2.45, 2.75) is 0 Å². The fourth-order valence-electron chi connectivity index (χ4n) is 2.63. The summed E-state index contributed by atoms with van der Waals surface area (Å²) in [5.41, 5.74) is 2.47. The van der Waals surface area contributed by atoms with Gasteiger partial charge in [-0.15, -0.1) is 34.0 Å². The van der Waals surface area contributed by atoms with Gasteiger partial charge in [-0.3, -0.25) is 0 Å².